The Hall–Kier alpha value is -4.79. The average Bonchev–Trinajstić information content (AvgIpc) is 3.57. The highest BCUT2D eigenvalue weighted by Crippen LogP contribution is 2.30. The first-order chi connectivity index (χ1) is 22.1. The number of hydrogen-bond acceptors (Lipinski definition) is 6. The monoisotopic (exact) mass is 635 g/mol. The molecule has 8 nitrogen and oxygen atoms in total. The number of pyridine rings is 1. The summed E-state index contributed by atoms with van der Waals surface area (Å²) in [6, 6.07) is 23.4. The Morgan fingerprint density at radius 1 is 0.935 bits per heavy atom. The lowest BCUT2D eigenvalue weighted by atomic mass is 9.91. The number of ether oxygens (including phenoxy) is 1. The molecule has 0 spiro atoms. The summed E-state index contributed by atoms with van der Waals surface area (Å²) in [6.45, 7) is 5.61. The van der Waals surface area contributed by atoms with Crippen molar-refractivity contribution in [2.45, 2.75) is 45.8 Å². The summed E-state index contributed by atoms with van der Waals surface area (Å²) in [4.78, 5) is 46.0. The van der Waals surface area contributed by atoms with Crippen molar-refractivity contribution < 1.29 is 24.2 Å². The van der Waals surface area contributed by atoms with E-state index in [0.717, 1.165) is 22.4 Å². The molecular weight excluding hydrogens is 602 g/mol. The molecule has 6 rings (SSSR count). The van der Waals surface area contributed by atoms with Gasteiger partial charge in [-0.3, -0.25) is 19.3 Å². The minimum absolute atomic E-state index is 0.0658. The zero-order valence-electron chi connectivity index (χ0n) is 25.8. The SMILES string of the molecule is CC(C)Oc1ccc(C(=O)C[C@@H](Cc2ccc(-c3cn4cccc(C(C)O)c4n3)cc2)CN2C(=O)c3ccccc3C2=O)cc1Cl. The van der Waals surface area contributed by atoms with Crippen LogP contribution in [0.25, 0.3) is 16.9 Å². The van der Waals surface area contributed by atoms with Gasteiger partial charge in [0.15, 0.2) is 5.78 Å². The van der Waals surface area contributed by atoms with Crippen molar-refractivity contribution >= 4 is 34.8 Å². The molecule has 3 heterocycles. The lowest BCUT2D eigenvalue weighted by molar-refractivity contribution is 0.0617. The second-order valence-electron chi connectivity index (χ2n) is 12.0. The molecule has 2 amide bonds. The largest absolute Gasteiger partial charge is 0.489 e. The number of imidazole rings is 1. The lowest BCUT2D eigenvalue weighted by Gasteiger charge is -2.23. The minimum atomic E-state index is -0.648. The molecule has 2 atom stereocenters. The van der Waals surface area contributed by atoms with E-state index in [4.69, 9.17) is 21.3 Å². The molecule has 1 aliphatic rings. The molecule has 0 aliphatic carbocycles. The van der Waals surface area contributed by atoms with Crippen molar-refractivity contribution in [2.24, 2.45) is 5.92 Å². The number of carbonyl (C=O) groups excluding carboxylic acids is 3. The first-order valence-corrected chi connectivity index (χ1v) is 15.7. The lowest BCUT2D eigenvalue weighted by Crippen LogP contribution is -2.36. The van der Waals surface area contributed by atoms with Crippen LogP contribution in [0.15, 0.2) is 91.3 Å². The standard InChI is InChI=1S/C37H34ClN3O5/c1-22(2)46-34-15-14-27(19-31(34)38)33(43)18-25(20-41-36(44)29-7-4-5-8-30(29)37(41)45)17-24-10-12-26(13-11-24)32-21-40-16-6-9-28(23(3)42)35(40)39-32/h4-16,19,21-23,25,42H,17-18,20H2,1-3H3/t23?,25-/m1/s1. The topological polar surface area (TPSA) is 101 Å². The Kier molecular flexibility index (Phi) is 8.75. The number of benzene rings is 3. The molecule has 1 aliphatic heterocycles. The maximum Gasteiger partial charge on any atom is 0.261 e. The summed E-state index contributed by atoms with van der Waals surface area (Å²) in [7, 11) is 0. The van der Waals surface area contributed by atoms with Crippen molar-refractivity contribution in [3.05, 3.63) is 124 Å². The Balaban J connectivity index is 1.25. The van der Waals surface area contributed by atoms with Crippen molar-refractivity contribution in [1.82, 2.24) is 14.3 Å². The highest BCUT2D eigenvalue weighted by Gasteiger charge is 2.36. The molecule has 3 aromatic carbocycles. The molecule has 0 fully saturated rings. The zero-order valence-corrected chi connectivity index (χ0v) is 26.6. The van der Waals surface area contributed by atoms with Gasteiger partial charge in [-0.25, -0.2) is 4.98 Å². The van der Waals surface area contributed by atoms with Gasteiger partial charge in [0.2, 0.25) is 0 Å². The number of amides is 2. The van der Waals surface area contributed by atoms with Crippen LogP contribution < -0.4 is 4.74 Å². The van der Waals surface area contributed by atoms with Crippen LogP contribution >= 0.6 is 11.6 Å². The third-order valence-electron chi connectivity index (χ3n) is 8.15. The Bertz CT molecular complexity index is 1910. The van der Waals surface area contributed by atoms with E-state index in [-0.39, 0.29) is 42.6 Å². The second kappa shape index (κ2) is 12.9. The molecular formula is C37H34ClN3O5. The third kappa shape index (κ3) is 6.32. The van der Waals surface area contributed by atoms with Gasteiger partial charge in [0, 0.05) is 42.0 Å². The van der Waals surface area contributed by atoms with Gasteiger partial charge in [0.1, 0.15) is 11.4 Å². The number of rotatable bonds is 11. The van der Waals surface area contributed by atoms with Crippen LogP contribution in [-0.4, -0.2) is 49.6 Å². The fourth-order valence-corrected chi connectivity index (χ4v) is 6.14. The van der Waals surface area contributed by atoms with Crippen LogP contribution in [-0.2, 0) is 6.42 Å². The van der Waals surface area contributed by atoms with Gasteiger partial charge in [-0.1, -0.05) is 54.1 Å². The summed E-state index contributed by atoms with van der Waals surface area (Å²) in [5, 5.41) is 10.5. The summed E-state index contributed by atoms with van der Waals surface area (Å²) < 4.78 is 7.61. The first kappa shape index (κ1) is 31.2. The normalized spacial score (nSPS) is 14.2. The van der Waals surface area contributed by atoms with Gasteiger partial charge in [0.05, 0.1) is 34.1 Å². The zero-order chi connectivity index (χ0) is 32.5. The van der Waals surface area contributed by atoms with E-state index in [1.54, 1.807) is 49.4 Å². The van der Waals surface area contributed by atoms with E-state index in [1.165, 1.54) is 4.90 Å². The van der Waals surface area contributed by atoms with Crippen LogP contribution in [0.3, 0.4) is 0 Å². The maximum absolute atomic E-state index is 13.6. The number of imide groups is 1. The van der Waals surface area contributed by atoms with E-state index >= 15 is 0 Å². The average molecular weight is 636 g/mol. The fourth-order valence-electron chi connectivity index (χ4n) is 5.91. The summed E-state index contributed by atoms with van der Waals surface area (Å²) in [6.07, 6.45) is 3.66. The molecule has 5 aromatic rings. The summed E-state index contributed by atoms with van der Waals surface area (Å²) >= 11 is 6.43. The van der Waals surface area contributed by atoms with Crippen LogP contribution in [0.5, 0.6) is 5.75 Å². The number of nitrogens with zero attached hydrogens (tertiary/aromatic N) is 3. The Labute approximate surface area is 272 Å². The van der Waals surface area contributed by atoms with E-state index in [0.29, 0.717) is 39.5 Å². The van der Waals surface area contributed by atoms with Crippen LogP contribution in [0, 0.1) is 5.92 Å². The summed E-state index contributed by atoms with van der Waals surface area (Å²) in [5.41, 5.74) is 5.24. The predicted octanol–water partition coefficient (Wildman–Crippen LogP) is 7.22. The van der Waals surface area contributed by atoms with Gasteiger partial charge < -0.3 is 14.2 Å². The van der Waals surface area contributed by atoms with Gasteiger partial charge in [0.25, 0.3) is 11.8 Å². The number of carbonyl (C=O) groups is 3. The first-order valence-electron chi connectivity index (χ1n) is 15.3. The van der Waals surface area contributed by atoms with Crippen molar-refractivity contribution in [1.29, 1.82) is 0 Å². The van der Waals surface area contributed by atoms with Crippen LogP contribution in [0.2, 0.25) is 5.02 Å². The van der Waals surface area contributed by atoms with E-state index < -0.39 is 6.10 Å². The molecule has 0 bridgehead atoms. The van der Waals surface area contributed by atoms with E-state index in [1.807, 2.05) is 67.0 Å². The number of ketones is 1. The smallest absolute Gasteiger partial charge is 0.261 e. The van der Waals surface area contributed by atoms with E-state index in [2.05, 4.69) is 0 Å². The number of Topliss-reactive ketones (excluding diaryl/α,β-unsaturated/α-hetero) is 1. The number of aromatic nitrogens is 2. The highest BCUT2D eigenvalue weighted by molar-refractivity contribution is 6.32. The molecule has 46 heavy (non-hydrogen) atoms. The van der Waals surface area contributed by atoms with Crippen molar-refractivity contribution in [3.63, 3.8) is 0 Å². The molecule has 234 valence electrons. The highest BCUT2D eigenvalue weighted by atomic mass is 35.5. The molecule has 2 aromatic heterocycles. The van der Waals surface area contributed by atoms with Crippen LogP contribution in [0.1, 0.15) is 75.5 Å². The maximum atomic E-state index is 13.6. The molecule has 9 heteroatoms. The number of fused-ring (bicyclic) bond motifs is 2. The van der Waals surface area contributed by atoms with Gasteiger partial charge in [-0.15, -0.1) is 0 Å². The van der Waals surface area contributed by atoms with Gasteiger partial charge >= 0.3 is 0 Å². The van der Waals surface area contributed by atoms with Crippen molar-refractivity contribution in [3.8, 4) is 17.0 Å². The van der Waals surface area contributed by atoms with Gasteiger partial charge in [-0.05, 0) is 75.1 Å². The molecule has 0 saturated heterocycles. The number of aliphatic hydroxyl groups excluding tert-OH is 1. The number of halogens is 1. The molecule has 0 saturated carbocycles. The fraction of sp³-hybridized carbons (Fsp3) is 0.243. The third-order valence-corrected chi connectivity index (χ3v) is 8.44. The van der Waals surface area contributed by atoms with Crippen LogP contribution in [0.4, 0.5) is 0 Å². The quantitative estimate of drug-likeness (QED) is 0.121. The second-order valence-corrected chi connectivity index (χ2v) is 12.4. The molecule has 1 N–H and O–H groups in total. The number of hydrogen-bond donors (Lipinski definition) is 1. The summed E-state index contributed by atoms with van der Waals surface area (Å²) in [5.74, 6) is -0.696. The van der Waals surface area contributed by atoms with Gasteiger partial charge in [-0.2, -0.15) is 0 Å². The Morgan fingerprint density at radius 2 is 1.63 bits per heavy atom. The predicted molar refractivity (Wildman–Crippen MR) is 176 cm³/mol. The van der Waals surface area contributed by atoms with E-state index in [9.17, 15) is 19.5 Å². The number of aliphatic hydroxyl groups is 1. The van der Waals surface area contributed by atoms with Crippen molar-refractivity contribution in [2.75, 3.05) is 6.54 Å². The molecule has 1 unspecified atom stereocenters. The minimum Gasteiger partial charge on any atom is -0.489 e. The Morgan fingerprint density at radius 3 is 2.26 bits per heavy atom. The molecule has 0 radical (unpaired) electrons.